The molecule has 1 aromatic carbocycles. The number of amidine groups is 1. The fraction of sp³-hybridized carbons (Fsp3) is 0.462. The van der Waals surface area contributed by atoms with E-state index in [2.05, 4.69) is 44.3 Å². The van der Waals surface area contributed by atoms with Crippen molar-refractivity contribution in [2.75, 3.05) is 0 Å². The third-order valence-electron chi connectivity index (χ3n) is 2.06. The molecule has 18 heavy (non-hydrogen) atoms. The van der Waals surface area contributed by atoms with Crippen molar-refractivity contribution < 1.29 is 4.39 Å². The van der Waals surface area contributed by atoms with Gasteiger partial charge in [-0.3, -0.25) is 0 Å². The minimum atomic E-state index is -1.56. The Bertz CT molecular complexity index is 428. The third-order valence-corrected chi connectivity index (χ3v) is 3.94. The highest BCUT2D eigenvalue weighted by atomic mass is 28.3. The molecular formula is C13H23FN2Si2. The summed E-state index contributed by atoms with van der Waals surface area (Å²) in [4.78, 5) is 3.55. The minimum Gasteiger partial charge on any atom is -0.396 e. The summed E-state index contributed by atoms with van der Waals surface area (Å²) < 4.78 is 17.8. The summed E-state index contributed by atoms with van der Waals surface area (Å²) in [7, 11) is -3.03. The molecule has 0 atom stereocenters. The summed E-state index contributed by atoms with van der Waals surface area (Å²) in [5.41, 5.74) is 0.973. The van der Waals surface area contributed by atoms with E-state index in [1.165, 1.54) is 12.1 Å². The van der Waals surface area contributed by atoms with Crippen LogP contribution in [0.15, 0.2) is 28.9 Å². The lowest BCUT2D eigenvalue weighted by molar-refractivity contribution is 0.628. The van der Waals surface area contributed by atoms with Gasteiger partial charge in [-0.05, 0) is 43.9 Å². The maximum absolute atomic E-state index is 13.0. The summed E-state index contributed by atoms with van der Waals surface area (Å²) in [5, 5.41) is 0. The van der Waals surface area contributed by atoms with Crippen LogP contribution in [0.2, 0.25) is 39.3 Å². The molecule has 0 radical (unpaired) electrons. The molecule has 0 aliphatic heterocycles. The maximum atomic E-state index is 13.0. The molecule has 1 aromatic rings. The molecule has 1 N–H and O–H groups in total. The number of rotatable bonds is 3. The lowest BCUT2D eigenvalue weighted by atomic mass is 10.2. The third kappa shape index (κ3) is 5.59. The van der Waals surface area contributed by atoms with Crippen molar-refractivity contribution in [1.82, 2.24) is 4.98 Å². The van der Waals surface area contributed by atoms with E-state index in [9.17, 15) is 4.39 Å². The quantitative estimate of drug-likeness (QED) is 0.508. The van der Waals surface area contributed by atoms with E-state index in [-0.39, 0.29) is 5.82 Å². The largest absolute Gasteiger partial charge is 0.396 e. The summed E-state index contributed by atoms with van der Waals surface area (Å²) in [6, 6.07) is 6.56. The first kappa shape index (κ1) is 15.1. The molecule has 2 nitrogen and oxygen atoms in total. The van der Waals surface area contributed by atoms with E-state index in [1.807, 2.05) is 0 Å². The fourth-order valence-corrected chi connectivity index (χ4v) is 3.34. The van der Waals surface area contributed by atoms with Crippen LogP contribution in [0.3, 0.4) is 0 Å². The zero-order valence-corrected chi connectivity index (χ0v) is 14.1. The van der Waals surface area contributed by atoms with Gasteiger partial charge in [0.25, 0.3) is 0 Å². The number of benzene rings is 1. The van der Waals surface area contributed by atoms with E-state index in [0.29, 0.717) is 0 Å². The van der Waals surface area contributed by atoms with E-state index >= 15 is 0 Å². The Kier molecular flexibility index (Phi) is 4.50. The van der Waals surface area contributed by atoms with Gasteiger partial charge in [-0.1, -0.05) is 19.6 Å². The summed E-state index contributed by atoms with van der Waals surface area (Å²) in [6.45, 7) is 13.3. The van der Waals surface area contributed by atoms with Crippen LogP contribution in [0.1, 0.15) is 5.56 Å². The zero-order chi connectivity index (χ0) is 14.0. The van der Waals surface area contributed by atoms with Crippen molar-refractivity contribution in [3.63, 3.8) is 0 Å². The molecular weight excluding hydrogens is 259 g/mol. The number of hydrogen-bond acceptors (Lipinski definition) is 1. The monoisotopic (exact) mass is 282 g/mol. The predicted molar refractivity (Wildman–Crippen MR) is 82.8 cm³/mol. The number of nitrogens with zero attached hydrogens (tertiary/aromatic N) is 1. The summed E-state index contributed by atoms with van der Waals surface area (Å²) >= 11 is 0. The molecule has 100 valence electrons. The molecule has 1 rings (SSSR count). The van der Waals surface area contributed by atoms with Gasteiger partial charge in [-0.25, -0.2) is 4.39 Å². The first-order chi connectivity index (χ1) is 8.07. The van der Waals surface area contributed by atoms with Crippen LogP contribution in [0, 0.1) is 5.82 Å². The van der Waals surface area contributed by atoms with E-state index in [0.717, 1.165) is 11.4 Å². The molecule has 0 saturated carbocycles. The van der Waals surface area contributed by atoms with Gasteiger partial charge in [0.2, 0.25) is 0 Å². The summed E-state index contributed by atoms with van der Waals surface area (Å²) in [6.07, 6.45) is 0. The average Bonchev–Trinajstić information content (AvgIpc) is 2.13. The molecule has 0 amide bonds. The Morgan fingerprint density at radius 3 is 1.89 bits per heavy atom. The van der Waals surface area contributed by atoms with Crippen molar-refractivity contribution in [1.29, 1.82) is 0 Å². The van der Waals surface area contributed by atoms with Gasteiger partial charge >= 0.3 is 0 Å². The Morgan fingerprint density at radius 2 is 1.50 bits per heavy atom. The van der Waals surface area contributed by atoms with Crippen molar-refractivity contribution >= 4 is 22.3 Å². The molecule has 0 unspecified atom stereocenters. The second kappa shape index (κ2) is 5.36. The van der Waals surface area contributed by atoms with Gasteiger partial charge < -0.3 is 9.64 Å². The lowest BCUT2D eigenvalue weighted by Gasteiger charge is -2.24. The van der Waals surface area contributed by atoms with Gasteiger partial charge in [-0.2, -0.15) is 0 Å². The van der Waals surface area contributed by atoms with Gasteiger partial charge in [-0.15, -0.1) is 0 Å². The highest BCUT2D eigenvalue weighted by molar-refractivity contribution is 6.78. The molecule has 0 spiro atoms. The first-order valence-electron chi connectivity index (χ1n) is 6.21. The van der Waals surface area contributed by atoms with Crippen molar-refractivity contribution in [3.8, 4) is 0 Å². The molecule has 5 heteroatoms. The molecule has 0 aliphatic rings. The second-order valence-electron chi connectivity index (χ2n) is 6.51. The molecule has 0 bridgehead atoms. The van der Waals surface area contributed by atoms with Gasteiger partial charge in [0, 0.05) is 5.56 Å². The zero-order valence-electron chi connectivity index (χ0n) is 12.1. The first-order valence-corrected chi connectivity index (χ1v) is 13.2. The topological polar surface area (TPSA) is 24.4 Å². The normalized spacial score (nSPS) is 13.6. The van der Waals surface area contributed by atoms with E-state index in [4.69, 9.17) is 4.66 Å². The Morgan fingerprint density at radius 1 is 1.00 bits per heavy atom. The number of nitrogens with one attached hydrogen (secondary N) is 1. The van der Waals surface area contributed by atoms with Crippen LogP contribution < -0.4 is 4.98 Å². The van der Waals surface area contributed by atoms with Crippen LogP contribution in [-0.4, -0.2) is 22.3 Å². The number of hydrogen-bond donors (Lipinski definition) is 1. The minimum absolute atomic E-state index is 0.209. The Hall–Kier alpha value is -0.946. The van der Waals surface area contributed by atoms with Crippen LogP contribution in [-0.2, 0) is 0 Å². The van der Waals surface area contributed by atoms with Gasteiger partial charge in [0.1, 0.15) is 19.9 Å². The Balaban J connectivity index is 3.13. The van der Waals surface area contributed by atoms with Crippen molar-refractivity contribution in [2.24, 2.45) is 4.66 Å². The van der Waals surface area contributed by atoms with Crippen LogP contribution >= 0.6 is 0 Å². The molecule has 0 saturated heterocycles. The van der Waals surface area contributed by atoms with Gasteiger partial charge in [0.05, 0.1) is 0 Å². The SMILES string of the molecule is C[Si](C)(C)/N=C(/N[Si](C)(C)C)c1ccc(F)cc1. The molecule has 0 heterocycles. The Labute approximate surface area is 112 Å². The van der Waals surface area contributed by atoms with E-state index < -0.39 is 16.5 Å². The lowest BCUT2D eigenvalue weighted by Crippen LogP contribution is -2.47. The highest BCUT2D eigenvalue weighted by Gasteiger charge is 2.20. The predicted octanol–water partition coefficient (Wildman–Crippen LogP) is 3.83. The standard InChI is InChI=1S/C13H23FN2Si2/c1-17(2,3)15-13(16-18(4,5)6)11-7-9-12(14)10-8-11/h7-10H,1-6H3,(H,15,16). The average molecular weight is 283 g/mol. The van der Waals surface area contributed by atoms with E-state index in [1.54, 1.807) is 12.1 Å². The molecule has 0 fully saturated rings. The maximum Gasteiger partial charge on any atom is 0.175 e. The van der Waals surface area contributed by atoms with Crippen LogP contribution in [0.25, 0.3) is 0 Å². The van der Waals surface area contributed by atoms with Crippen molar-refractivity contribution in [2.45, 2.75) is 39.3 Å². The van der Waals surface area contributed by atoms with Crippen molar-refractivity contribution in [3.05, 3.63) is 35.6 Å². The fourth-order valence-electron chi connectivity index (χ4n) is 1.46. The summed E-state index contributed by atoms with van der Waals surface area (Å²) in [5.74, 6) is 0.715. The second-order valence-corrected chi connectivity index (χ2v) is 15.8. The molecule has 0 aromatic heterocycles. The highest BCUT2D eigenvalue weighted by Crippen LogP contribution is 2.10. The molecule has 0 aliphatic carbocycles. The number of halogens is 1. The smallest absolute Gasteiger partial charge is 0.175 e. The van der Waals surface area contributed by atoms with Crippen LogP contribution in [0.5, 0.6) is 0 Å². The van der Waals surface area contributed by atoms with Gasteiger partial charge in [0.15, 0.2) is 8.24 Å². The van der Waals surface area contributed by atoms with Crippen LogP contribution in [0.4, 0.5) is 4.39 Å².